The molecule has 0 radical (unpaired) electrons. The highest BCUT2D eigenvalue weighted by atomic mass is 19.1. The smallest absolute Gasteiger partial charge is 0.333 e. The van der Waals surface area contributed by atoms with Crippen molar-refractivity contribution in [1.82, 2.24) is 0 Å². The first-order chi connectivity index (χ1) is 14.5. The summed E-state index contributed by atoms with van der Waals surface area (Å²) in [5, 5.41) is 9.25. The van der Waals surface area contributed by atoms with Crippen molar-refractivity contribution in [2.75, 3.05) is 13.2 Å². The predicted molar refractivity (Wildman–Crippen MR) is 118 cm³/mol. The Labute approximate surface area is 176 Å². The van der Waals surface area contributed by atoms with Crippen molar-refractivity contribution in [3.05, 3.63) is 95.8 Å². The molecule has 0 fully saturated rings. The molecule has 0 heterocycles. The Morgan fingerprint density at radius 1 is 0.967 bits per heavy atom. The summed E-state index contributed by atoms with van der Waals surface area (Å²) in [6, 6.07) is 20.6. The van der Waals surface area contributed by atoms with Crippen LogP contribution >= 0.6 is 0 Å². The molecule has 3 aromatic carbocycles. The Hall–Kier alpha value is -3.24. The molecule has 3 nitrogen and oxygen atoms in total. The summed E-state index contributed by atoms with van der Waals surface area (Å²) in [5.41, 5.74) is 5.16. The minimum atomic E-state index is -0.443. The van der Waals surface area contributed by atoms with Gasteiger partial charge in [0.15, 0.2) is 0 Å². The number of aliphatic hydroxyl groups is 1. The molecule has 4 heteroatoms. The highest BCUT2D eigenvalue weighted by molar-refractivity contribution is 5.86. The van der Waals surface area contributed by atoms with Crippen molar-refractivity contribution in [3.8, 4) is 22.3 Å². The second-order valence-electron chi connectivity index (χ2n) is 7.19. The monoisotopic (exact) mass is 404 g/mol. The number of ether oxygens (including phenoxy) is 1. The molecule has 3 aromatic rings. The molecule has 1 N–H and O–H groups in total. The molecule has 0 aliphatic rings. The molecule has 0 aliphatic heterocycles. The van der Waals surface area contributed by atoms with Crippen LogP contribution in [0.25, 0.3) is 22.3 Å². The van der Waals surface area contributed by atoms with Crippen molar-refractivity contribution in [1.29, 1.82) is 0 Å². The molecule has 30 heavy (non-hydrogen) atoms. The van der Waals surface area contributed by atoms with Crippen LogP contribution in [0.15, 0.2) is 78.9 Å². The summed E-state index contributed by atoms with van der Waals surface area (Å²) in [7, 11) is 0. The SMILES string of the molecule is C=C(C)C(=O)OCCc1cc(CCO)ccc1-c1ccc(-c2ccccc2)cc1F. The summed E-state index contributed by atoms with van der Waals surface area (Å²) >= 11 is 0. The van der Waals surface area contributed by atoms with Gasteiger partial charge in [0.25, 0.3) is 0 Å². The second-order valence-corrected chi connectivity index (χ2v) is 7.19. The van der Waals surface area contributed by atoms with E-state index in [0.29, 0.717) is 24.0 Å². The van der Waals surface area contributed by atoms with E-state index >= 15 is 4.39 Å². The number of benzene rings is 3. The highest BCUT2D eigenvalue weighted by Crippen LogP contribution is 2.31. The van der Waals surface area contributed by atoms with Crippen LogP contribution in [0.3, 0.4) is 0 Å². The molecule has 0 spiro atoms. The summed E-state index contributed by atoms with van der Waals surface area (Å²) in [4.78, 5) is 11.7. The van der Waals surface area contributed by atoms with E-state index in [1.54, 1.807) is 13.0 Å². The standard InChI is InChI=1S/C26H25FO3/c1-18(2)26(29)30-15-13-22-16-19(12-14-28)8-10-23(22)24-11-9-21(17-25(24)27)20-6-4-3-5-7-20/h3-11,16-17,28H,1,12-15H2,2H3. The Balaban J connectivity index is 1.92. The van der Waals surface area contributed by atoms with E-state index in [4.69, 9.17) is 4.74 Å². The number of aliphatic hydroxyl groups excluding tert-OH is 1. The van der Waals surface area contributed by atoms with Gasteiger partial charge in [-0.25, -0.2) is 9.18 Å². The third-order valence-electron chi connectivity index (χ3n) is 4.89. The van der Waals surface area contributed by atoms with Gasteiger partial charge in [0.1, 0.15) is 5.82 Å². The summed E-state index contributed by atoms with van der Waals surface area (Å²) in [5.74, 6) is -0.757. The van der Waals surface area contributed by atoms with Crippen molar-refractivity contribution in [2.45, 2.75) is 19.8 Å². The van der Waals surface area contributed by atoms with Gasteiger partial charge in [0, 0.05) is 24.2 Å². The molecule has 3 rings (SSSR count). The molecule has 0 saturated heterocycles. The fourth-order valence-corrected chi connectivity index (χ4v) is 3.32. The van der Waals surface area contributed by atoms with Gasteiger partial charge in [-0.05, 0) is 47.2 Å². The summed E-state index contributed by atoms with van der Waals surface area (Å²) < 4.78 is 20.3. The number of carbonyl (C=O) groups excluding carboxylic acids is 1. The molecule has 0 bridgehead atoms. The van der Waals surface area contributed by atoms with Crippen molar-refractivity contribution >= 4 is 5.97 Å². The van der Waals surface area contributed by atoms with Crippen molar-refractivity contribution < 1.29 is 19.0 Å². The molecule has 0 atom stereocenters. The van der Waals surface area contributed by atoms with Crippen LogP contribution in [-0.4, -0.2) is 24.3 Å². The van der Waals surface area contributed by atoms with E-state index in [2.05, 4.69) is 6.58 Å². The van der Waals surface area contributed by atoms with Gasteiger partial charge in [-0.2, -0.15) is 0 Å². The zero-order valence-corrected chi connectivity index (χ0v) is 17.0. The van der Waals surface area contributed by atoms with Crippen LogP contribution in [0.5, 0.6) is 0 Å². The Morgan fingerprint density at radius 3 is 2.37 bits per heavy atom. The van der Waals surface area contributed by atoms with Crippen molar-refractivity contribution in [3.63, 3.8) is 0 Å². The summed E-state index contributed by atoms with van der Waals surface area (Å²) in [6.07, 6.45) is 0.946. The minimum absolute atomic E-state index is 0.0313. The third kappa shape index (κ3) is 5.22. The number of hydrogen-bond acceptors (Lipinski definition) is 3. The maximum absolute atomic E-state index is 15.1. The van der Waals surface area contributed by atoms with Crippen LogP contribution < -0.4 is 0 Å². The van der Waals surface area contributed by atoms with Gasteiger partial charge in [-0.3, -0.25) is 0 Å². The number of carbonyl (C=O) groups is 1. The molecule has 0 aliphatic carbocycles. The van der Waals surface area contributed by atoms with Gasteiger partial charge >= 0.3 is 5.97 Å². The molecular formula is C26H25FO3. The normalized spacial score (nSPS) is 10.6. The zero-order valence-electron chi connectivity index (χ0n) is 17.0. The van der Waals surface area contributed by atoms with Crippen molar-refractivity contribution in [2.24, 2.45) is 0 Å². The van der Waals surface area contributed by atoms with E-state index in [-0.39, 0.29) is 19.0 Å². The minimum Gasteiger partial charge on any atom is -0.462 e. The number of halogens is 1. The average molecular weight is 404 g/mol. The second kappa shape index (κ2) is 9.99. The maximum Gasteiger partial charge on any atom is 0.333 e. The third-order valence-corrected chi connectivity index (χ3v) is 4.89. The van der Waals surface area contributed by atoms with E-state index in [9.17, 15) is 9.90 Å². The van der Waals surface area contributed by atoms with Gasteiger partial charge < -0.3 is 9.84 Å². The molecule has 0 amide bonds. The lowest BCUT2D eigenvalue weighted by Gasteiger charge is -2.14. The first kappa shape index (κ1) is 21.5. The summed E-state index contributed by atoms with van der Waals surface area (Å²) in [6.45, 7) is 5.38. The van der Waals surface area contributed by atoms with E-state index in [1.165, 1.54) is 6.07 Å². The number of hydrogen-bond donors (Lipinski definition) is 1. The van der Waals surface area contributed by atoms with Crippen LogP contribution in [-0.2, 0) is 22.4 Å². The lowest BCUT2D eigenvalue weighted by Crippen LogP contribution is -2.09. The lowest BCUT2D eigenvalue weighted by atomic mass is 9.93. The topological polar surface area (TPSA) is 46.5 Å². The zero-order chi connectivity index (χ0) is 21.5. The van der Waals surface area contributed by atoms with Crippen LogP contribution in [0.4, 0.5) is 4.39 Å². The Morgan fingerprint density at radius 2 is 1.70 bits per heavy atom. The van der Waals surface area contributed by atoms with Crippen LogP contribution in [0.1, 0.15) is 18.1 Å². The first-order valence-electron chi connectivity index (χ1n) is 9.90. The maximum atomic E-state index is 15.1. The molecule has 0 aromatic heterocycles. The Bertz CT molecular complexity index is 1040. The lowest BCUT2D eigenvalue weighted by molar-refractivity contribution is -0.138. The van der Waals surface area contributed by atoms with E-state index in [0.717, 1.165) is 27.8 Å². The van der Waals surface area contributed by atoms with E-state index < -0.39 is 5.97 Å². The highest BCUT2D eigenvalue weighted by Gasteiger charge is 2.13. The predicted octanol–water partition coefficient (Wildman–Crippen LogP) is 5.36. The molecule has 154 valence electrons. The fraction of sp³-hybridized carbons (Fsp3) is 0.192. The first-order valence-corrected chi connectivity index (χ1v) is 9.90. The quantitative estimate of drug-likeness (QED) is 0.406. The average Bonchev–Trinajstić information content (AvgIpc) is 2.75. The fourth-order valence-electron chi connectivity index (χ4n) is 3.32. The number of rotatable bonds is 8. The Kier molecular flexibility index (Phi) is 7.15. The van der Waals surface area contributed by atoms with Crippen LogP contribution in [0, 0.1) is 5.82 Å². The van der Waals surface area contributed by atoms with E-state index in [1.807, 2.05) is 54.6 Å². The van der Waals surface area contributed by atoms with Gasteiger partial charge in [-0.15, -0.1) is 0 Å². The molecule has 0 saturated carbocycles. The van der Waals surface area contributed by atoms with Gasteiger partial charge in [0.2, 0.25) is 0 Å². The largest absolute Gasteiger partial charge is 0.462 e. The molecular weight excluding hydrogens is 379 g/mol. The number of esters is 1. The van der Waals surface area contributed by atoms with Gasteiger partial charge in [-0.1, -0.05) is 67.2 Å². The van der Waals surface area contributed by atoms with Crippen LogP contribution in [0.2, 0.25) is 0 Å². The van der Waals surface area contributed by atoms with Gasteiger partial charge in [0.05, 0.1) is 6.61 Å². The molecule has 0 unspecified atom stereocenters.